The largest absolute Gasteiger partial charge is 0.253 e. The first-order valence-electron chi connectivity index (χ1n) is 2.93. The third-order valence-corrected chi connectivity index (χ3v) is 1.09. The van der Waals surface area contributed by atoms with Gasteiger partial charge >= 0.3 is 0 Å². The molecule has 1 aliphatic heterocycles. The molecule has 1 heteroatoms. The number of hydrogen-bond acceptors (Lipinski definition) is 1. The lowest BCUT2D eigenvalue weighted by Gasteiger charge is -1.86. The van der Waals surface area contributed by atoms with Crippen LogP contribution >= 0.6 is 0 Å². The van der Waals surface area contributed by atoms with Gasteiger partial charge < -0.3 is 0 Å². The van der Waals surface area contributed by atoms with Crippen LogP contribution < -0.4 is 0 Å². The second-order valence-corrected chi connectivity index (χ2v) is 2.10. The standard InChI is InChI=1S/C8H9N/c1-7-4-3-5-9-8(2)6-7/h4-6H,1-2H3. The Morgan fingerprint density at radius 3 is 3.00 bits per heavy atom. The summed E-state index contributed by atoms with van der Waals surface area (Å²) in [6.45, 7) is 4.01. The van der Waals surface area contributed by atoms with E-state index in [1.165, 1.54) is 5.57 Å². The van der Waals surface area contributed by atoms with Gasteiger partial charge in [-0.25, -0.2) is 0 Å². The Hall–Kier alpha value is -1.07. The van der Waals surface area contributed by atoms with Gasteiger partial charge in [-0.05, 0) is 31.6 Å². The predicted molar refractivity (Wildman–Crippen MR) is 39.5 cm³/mol. The average molecular weight is 119 g/mol. The molecule has 0 saturated carbocycles. The number of aliphatic imine (C=N–C) groups is 1. The zero-order chi connectivity index (χ0) is 6.69. The molecule has 1 heterocycles. The molecule has 0 aromatic carbocycles. The topological polar surface area (TPSA) is 12.4 Å². The van der Waals surface area contributed by atoms with Crippen LogP contribution in [0.3, 0.4) is 0 Å². The fraction of sp³-hybridized carbons (Fsp3) is 0.250. The highest BCUT2D eigenvalue weighted by Gasteiger charge is 1.86. The van der Waals surface area contributed by atoms with Crippen molar-refractivity contribution < 1.29 is 0 Å². The summed E-state index contributed by atoms with van der Waals surface area (Å²) in [5.74, 6) is 0. The van der Waals surface area contributed by atoms with E-state index in [4.69, 9.17) is 0 Å². The smallest absolute Gasteiger partial charge is 0.0689 e. The number of rotatable bonds is 0. The van der Waals surface area contributed by atoms with Gasteiger partial charge in [-0.1, -0.05) is 0 Å². The maximum Gasteiger partial charge on any atom is 0.0689 e. The SMILES string of the molecule is CC1=CC(C)=NC=C=C1. The Morgan fingerprint density at radius 2 is 2.22 bits per heavy atom. The zero-order valence-corrected chi connectivity index (χ0v) is 5.68. The lowest BCUT2D eigenvalue weighted by Crippen LogP contribution is -1.81. The molecule has 9 heavy (non-hydrogen) atoms. The van der Waals surface area contributed by atoms with E-state index in [0.717, 1.165) is 5.71 Å². The Kier molecular flexibility index (Phi) is 1.66. The first kappa shape index (κ1) is 6.06. The fourth-order valence-electron chi connectivity index (χ4n) is 0.716. The lowest BCUT2D eigenvalue weighted by atomic mass is 10.2. The zero-order valence-electron chi connectivity index (χ0n) is 5.68. The average Bonchev–Trinajstić information content (AvgIpc) is 1.93. The molecule has 0 aliphatic carbocycles. The molecule has 0 aromatic heterocycles. The first-order chi connectivity index (χ1) is 4.29. The summed E-state index contributed by atoms with van der Waals surface area (Å²) in [5, 5.41) is 0. The molecule has 0 fully saturated rings. The molecule has 0 N–H and O–H groups in total. The van der Waals surface area contributed by atoms with Crippen molar-refractivity contribution in [1.29, 1.82) is 0 Å². The summed E-state index contributed by atoms with van der Waals surface area (Å²) in [4.78, 5) is 4.05. The van der Waals surface area contributed by atoms with Crippen molar-refractivity contribution in [2.24, 2.45) is 4.99 Å². The van der Waals surface area contributed by atoms with E-state index < -0.39 is 0 Å². The van der Waals surface area contributed by atoms with Gasteiger partial charge in [-0.2, -0.15) is 0 Å². The van der Waals surface area contributed by atoms with Gasteiger partial charge in [-0.15, -0.1) is 5.73 Å². The Balaban J connectivity index is 3.00. The summed E-state index contributed by atoms with van der Waals surface area (Å²) in [5.41, 5.74) is 5.16. The molecule has 0 saturated heterocycles. The molecule has 1 aliphatic rings. The highest BCUT2D eigenvalue weighted by atomic mass is 14.7. The highest BCUT2D eigenvalue weighted by Crippen LogP contribution is 1.98. The maximum atomic E-state index is 4.05. The van der Waals surface area contributed by atoms with E-state index in [2.05, 4.69) is 10.7 Å². The van der Waals surface area contributed by atoms with E-state index in [1.54, 1.807) is 6.20 Å². The Morgan fingerprint density at radius 1 is 1.44 bits per heavy atom. The van der Waals surface area contributed by atoms with Crippen LogP contribution in [0.2, 0.25) is 0 Å². The van der Waals surface area contributed by atoms with Crippen molar-refractivity contribution in [2.75, 3.05) is 0 Å². The highest BCUT2D eigenvalue weighted by molar-refractivity contribution is 5.94. The van der Waals surface area contributed by atoms with E-state index in [9.17, 15) is 0 Å². The third kappa shape index (κ3) is 1.71. The van der Waals surface area contributed by atoms with Crippen molar-refractivity contribution in [3.63, 3.8) is 0 Å². The van der Waals surface area contributed by atoms with Crippen LogP contribution in [-0.4, -0.2) is 5.71 Å². The van der Waals surface area contributed by atoms with Gasteiger partial charge in [0.05, 0.1) is 6.20 Å². The second-order valence-electron chi connectivity index (χ2n) is 2.10. The van der Waals surface area contributed by atoms with E-state index >= 15 is 0 Å². The molecule has 0 spiro atoms. The minimum atomic E-state index is 1.04. The van der Waals surface area contributed by atoms with Crippen molar-refractivity contribution in [1.82, 2.24) is 0 Å². The second kappa shape index (κ2) is 2.47. The molecule has 0 radical (unpaired) electrons. The molecule has 1 nitrogen and oxygen atoms in total. The Bertz CT molecular complexity index is 225. The molecule has 0 atom stereocenters. The van der Waals surface area contributed by atoms with Crippen molar-refractivity contribution >= 4 is 5.71 Å². The summed E-state index contributed by atoms with van der Waals surface area (Å²) in [7, 11) is 0. The minimum absolute atomic E-state index is 1.04. The molecule has 0 amide bonds. The Labute approximate surface area is 55.1 Å². The molecule has 46 valence electrons. The van der Waals surface area contributed by atoms with Gasteiger partial charge in [-0.3, -0.25) is 4.99 Å². The molecule has 0 aromatic rings. The van der Waals surface area contributed by atoms with Crippen LogP contribution in [0.15, 0.2) is 34.6 Å². The van der Waals surface area contributed by atoms with Crippen molar-refractivity contribution in [3.05, 3.63) is 29.7 Å². The van der Waals surface area contributed by atoms with Gasteiger partial charge in [0.1, 0.15) is 0 Å². The molecule has 0 unspecified atom stereocenters. The number of allylic oxidation sites excluding steroid dienone is 3. The summed E-state index contributed by atoms with van der Waals surface area (Å²) >= 11 is 0. The van der Waals surface area contributed by atoms with Gasteiger partial charge in [0, 0.05) is 5.71 Å². The summed E-state index contributed by atoms with van der Waals surface area (Å²) < 4.78 is 0. The lowest BCUT2D eigenvalue weighted by molar-refractivity contribution is 1.53. The fourth-order valence-corrected chi connectivity index (χ4v) is 0.716. The van der Waals surface area contributed by atoms with Gasteiger partial charge in [0.2, 0.25) is 0 Å². The van der Waals surface area contributed by atoms with E-state index in [-0.39, 0.29) is 0 Å². The van der Waals surface area contributed by atoms with Crippen LogP contribution in [0, 0.1) is 0 Å². The van der Waals surface area contributed by atoms with E-state index in [1.807, 2.05) is 26.0 Å². The van der Waals surface area contributed by atoms with E-state index in [0.29, 0.717) is 0 Å². The monoisotopic (exact) mass is 119 g/mol. The number of hydrogen-bond donors (Lipinski definition) is 0. The minimum Gasteiger partial charge on any atom is -0.253 e. The summed E-state index contributed by atoms with van der Waals surface area (Å²) in [6.07, 6.45) is 5.62. The normalized spacial score (nSPS) is 16.7. The van der Waals surface area contributed by atoms with Crippen LogP contribution in [0.1, 0.15) is 13.8 Å². The predicted octanol–water partition coefficient (Wildman–Crippen LogP) is 2.08. The van der Waals surface area contributed by atoms with Crippen LogP contribution in [0.5, 0.6) is 0 Å². The van der Waals surface area contributed by atoms with Crippen molar-refractivity contribution in [2.45, 2.75) is 13.8 Å². The van der Waals surface area contributed by atoms with Gasteiger partial charge in [0.25, 0.3) is 0 Å². The van der Waals surface area contributed by atoms with Crippen molar-refractivity contribution in [3.8, 4) is 0 Å². The molecular weight excluding hydrogens is 110 g/mol. The first-order valence-corrected chi connectivity index (χ1v) is 2.93. The molecule has 1 rings (SSSR count). The quantitative estimate of drug-likeness (QED) is 0.433. The summed E-state index contributed by atoms with van der Waals surface area (Å²) in [6, 6.07) is 0. The van der Waals surface area contributed by atoms with Gasteiger partial charge in [0.15, 0.2) is 0 Å². The van der Waals surface area contributed by atoms with Crippen LogP contribution in [0.25, 0.3) is 0 Å². The molecule has 0 bridgehead atoms. The van der Waals surface area contributed by atoms with Crippen LogP contribution in [-0.2, 0) is 0 Å². The maximum absolute atomic E-state index is 4.05. The molecular formula is C8H9N. The van der Waals surface area contributed by atoms with Crippen LogP contribution in [0.4, 0.5) is 0 Å². The number of nitrogens with zero attached hydrogens (tertiary/aromatic N) is 1. The third-order valence-electron chi connectivity index (χ3n) is 1.09.